The Morgan fingerprint density at radius 2 is 1.78 bits per heavy atom. The molecule has 0 radical (unpaired) electrons. The van der Waals surface area contributed by atoms with Crippen molar-refractivity contribution in [1.29, 1.82) is 0 Å². The highest BCUT2D eigenvalue weighted by Crippen LogP contribution is 2.19. The molecule has 0 saturated heterocycles. The van der Waals surface area contributed by atoms with Crippen molar-refractivity contribution in [2.24, 2.45) is 5.73 Å². The van der Waals surface area contributed by atoms with Crippen LogP contribution in [0.2, 0.25) is 0 Å². The lowest BCUT2D eigenvalue weighted by molar-refractivity contribution is 0.979. The molecule has 0 bridgehead atoms. The van der Waals surface area contributed by atoms with Crippen LogP contribution in [0.4, 0.5) is 0 Å². The highest BCUT2D eigenvalue weighted by molar-refractivity contribution is 5.85. The molecule has 1 unspecified atom stereocenters. The molecule has 88 valence electrons. The number of rotatable bonds is 1. The summed E-state index contributed by atoms with van der Waals surface area (Å²) < 4.78 is 0. The van der Waals surface area contributed by atoms with Crippen molar-refractivity contribution in [3.05, 3.63) is 77.9 Å². The van der Waals surface area contributed by atoms with Crippen molar-refractivity contribution >= 4 is 16.8 Å². The zero-order chi connectivity index (χ0) is 12.4. The molecule has 0 amide bonds. The fourth-order valence-corrected chi connectivity index (χ4v) is 2.21. The molecule has 1 nitrogen and oxygen atoms in total. The summed E-state index contributed by atoms with van der Waals surface area (Å²) in [5.41, 5.74) is 8.37. The molecule has 1 heteroatoms. The van der Waals surface area contributed by atoms with Gasteiger partial charge in [-0.1, -0.05) is 60.7 Å². The van der Waals surface area contributed by atoms with E-state index in [1.807, 2.05) is 18.2 Å². The van der Waals surface area contributed by atoms with Crippen LogP contribution in [-0.4, -0.2) is 6.04 Å². The molecule has 2 N–H and O–H groups in total. The first-order valence-corrected chi connectivity index (χ1v) is 6.14. The van der Waals surface area contributed by atoms with E-state index in [1.54, 1.807) is 0 Å². The molecule has 18 heavy (non-hydrogen) atoms. The lowest BCUT2D eigenvalue weighted by atomic mass is 9.99. The van der Waals surface area contributed by atoms with Gasteiger partial charge in [0.2, 0.25) is 0 Å². The van der Waals surface area contributed by atoms with Gasteiger partial charge in [-0.3, -0.25) is 0 Å². The van der Waals surface area contributed by atoms with Gasteiger partial charge in [0.15, 0.2) is 0 Å². The molecular weight excluding hydrogens is 218 g/mol. The quantitative estimate of drug-likeness (QED) is 0.799. The number of hydrogen-bond acceptors (Lipinski definition) is 1. The Morgan fingerprint density at radius 1 is 0.944 bits per heavy atom. The fraction of sp³-hybridized carbons (Fsp3) is 0.0588. The lowest BCUT2D eigenvalue weighted by Gasteiger charge is -2.11. The SMILES string of the molecule is NC1C=CC=C/C1=C\c1ccc2ccccc2c1. The van der Waals surface area contributed by atoms with Crippen molar-refractivity contribution in [3.63, 3.8) is 0 Å². The first-order chi connectivity index (χ1) is 8.83. The van der Waals surface area contributed by atoms with Crippen LogP contribution < -0.4 is 5.73 Å². The molecule has 0 saturated carbocycles. The zero-order valence-electron chi connectivity index (χ0n) is 10.1. The molecule has 2 aromatic rings. The average Bonchev–Trinajstić information content (AvgIpc) is 2.41. The van der Waals surface area contributed by atoms with E-state index in [-0.39, 0.29) is 6.04 Å². The second-order valence-corrected chi connectivity index (χ2v) is 4.52. The Kier molecular flexibility index (Phi) is 2.83. The third kappa shape index (κ3) is 2.13. The molecule has 0 aromatic heterocycles. The smallest absolute Gasteiger partial charge is 0.0484 e. The Bertz CT molecular complexity index is 662. The first kappa shape index (κ1) is 11.0. The van der Waals surface area contributed by atoms with Gasteiger partial charge in [0.05, 0.1) is 0 Å². The van der Waals surface area contributed by atoms with Gasteiger partial charge in [-0.15, -0.1) is 0 Å². The summed E-state index contributed by atoms with van der Waals surface area (Å²) in [5, 5.41) is 2.53. The highest BCUT2D eigenvalue weighted by atomic mass is 14.6. The molecule has 1 aliphatic rings. The number of hydrogen-bond donors (Lipinski definition) is 1. The monoisotopic (exact) mass is 233 g/mol. The Balaban J connectivity index is 2.02. The Hall–Kier alpha value is -2.12. The largest absolute Gasteiger partial charge is 0.321 e. The minimum atomic E-state index is 0.00136. The van der Waals surface area contributed by atoms with Crippen LogP contribution in [0.3, 0.4) is 0 Å². The first-order valence-electron chi connectivity index (χ1n) is 6.14. The van der Waals surface area contributed by atoms with Crippen LogP contribution in [0.15, 0.2) is 72.3 Å². The third-order valence-corrected chi connectivity index (χ3v) is 3.21. The minimum absolute atomic E-state index is 0.00136. The summed E-state index contributed by atoms with van der Waals surface area (Å²) in [6.45, 7) is 0. The average molecular weight is 233 g/mol. The minimum Gasteiger partial charge on any atom is -0.321 e. The predicted molar refractivity (Wildman–Crippen MR) is 78.2 cm³/mol. The second kappa shape index (κ2) is 4.63. The van der Waals surface area contributed by atoms with Gasteiger partial charge in [0.1, 0.15) is 0 Å². The normalized spacial score (nSPS) is 20.7. The van der Waals surface area contributed by atoms with Crippen molar-refractivity contribution in [1.82, 2.24) is 0 Å². The topological polar surface area (TPSA) is 26.0 Å². The van der Waals surface area contributed by atoms with E-state index in [9.17, 15) is 0 Å². The summed E-state index contributed by atoms with van der Waals surface area (Å²) >= 11 is 0. The summed E-state index contributed by atoms with van der Waals surface area (Å²) in [5.74, 6) is 0. The van der Waals surface area contributed by atoms with Gasteiger partial charge < -0.3 is 5.73 Å². The summed E-state index contributed by atoms with van der Waals surface area (Å²) in [6.07, 6.45) is 10.2. The van der Waals surface area contributed by atoms with Crippen LogP contribution in [0.1, 0.15) is 5.56 Å². The molecule has 0 aliphatic heterocycles. The lowest BCUT2D eigenvalue weighted by Crippen LogP contribution is -2.19. The summed E-state index contributed by atoms with van der Waals surface area (Å²) in [6, 6.07) is 14.9. The highest BCUT2D eigenvalue weighted by Gasteiger charge is 2.05. The maximum Gasteiger partial charge on any atom is 0.0484 e. The molecule has 1 aliphatic carbocycles. The van der Waals surface area contributed by atoms with Gasteiger partial charge in [-0.2, -0.15) is 0 Å². The van der Waals surface area contributed by atoms with Gasteiger partial charge in [-0.05, 0) is 34.1 Å². The number of fused-ring (bicyclic) bond motifs is 1. The maximum absolute atomic E-state index is 6.03. The van der Waals surface area contributed by atoms with E-state index in [2.05, 4.69) is 54.6 Å². The fourth-order valence-electron chi connectivity index (χ4n) is 2.21. The van der Waals surface area contributed by atoms with Crippen LogP contribution in [0.5, 0.6) is 0 Å². The van der Waals surface area contributed by atoms with Gasteiger partial charge in [-0.25, -0.2) is 0 Å². The van der Waals surface area contributed by atoms with Crippen molar-refractivity contribution in [3.8, 4) is 0 Å². The number of benzene rings is 2. The van der Waals surface area contributed by atoms with E-state index in [1.165, 1.54) is 16.3 Å². The second-order valence-electron chi connectivity index (χ2n) is 4.52. The Morgan fingerprint density at radius 3 is 2.61 bits per heavy atom. The standard InChI is InChI=1S/C17H15N/c18-17-8-4-3-7-16(17)12-13-9-10-14-5-1-2-6-15(14)11-13/h1-12,17H,18H2/b16-12+. The van der Waals surface area contributed by atoms with Crippen molar-refractivity contribution < 1.29 is 0 Å². The third-order valence-electron chi connectivity index (χ3n) is 3.21. The summed E-state index contributed by atoms with van der Waals surface area (Å²) in [4.78, 5) is 0. The molecular formula is C17H15N. The van der Waals surface area contributed by atoms with Crippen LogP contribution in [-0.2, 0) is 0 Å². The molecule has 0 heterocycles. The van der Waals surface area contributed by atoms with E-state index >= 15 is 0 Å². The molecule has 1 atom stereocenters. The van der Waals surface area contributed by atoms with Gasteiger partial charge in [0, 0.05) is 6.04 Å². The van der Waals surface area contributed by atoms with E-state index in [4.69, 9.17) is 5.73 Å². The molecule has 0 spiro atoms. The van der Waals surface area contributed by atoms with Crippen LogP contribution in [0, 0.1) is 0 Å². The van der Waals surface area contributed by atoms with E-state index in [0.717, 1.165) is 5.57 Å². The van der Waals surface area contributed by atoms with Crippen molar-refractivity contribution in [2.45, 2.75) is 6.04 Å². The van der Waals surface area contributed by atoms with Crippen LogP contribution in [0.25, 0.3) is 16.8 Å². The zero-order valence-corrected chi connectivity index (χ0v) is 10.1. The number of allylic oxidation sites excluding steroid dienone is 2. The van der Waals surface area contributed by atoms with Gasteiger partial charge in [0.25, 0.3) is 0 Å². The van der Waals surface area contributed by atoms with E-state index < -0.39 is 0 Å². The summed E-state index contributed by atoms with van der Waals surface area (Å²) in [7, 11) is 0. The Labute approximate surface area is 107 Å². The van der Waals surface area contributed by atoms with Gasteiger partial charge >= 0.3 is 0 Å². The molecule has 0 fully saturated rings. The van der Waals surface area contributed by atoms with Crippen LogP contribution >= 0.6 is 0 Å². The van der Waals surface area contributed by atoms with Crippen molar-refractivity contribution in [2.75, 3.05) is 0 Å². The molecule has 3 rings (SSSR count). The molecule has 2 aromatic carbocycles. The maximum atomic E-state index is 6.03. The van der Waals surface area contributed by atoms with E-state index in [0.29, 0.717) is 0 Å². The predicted octanol–water partition coefficient (Wildman–Crippen LogP) is 3.68. The number of nitrogens with two attached hydrogens (primary N) is 1.